The molecule has 7 nitrogen and oxygen atoms in total. The number of piperidine rings is 1. The number of amides is 1. The van der Waals surface area contributed by atoms with E-state index in [1.54, 1.807) is 10.4 Å². The van der Waals surface area contributed by atoms with Crippen LogP contribution in [0.5, 0.6) is 0 Å². The summed E-state index contributed by atoms with van der Waals surface area (Å²) in [7, 11) is -3.18. The van der Waals surface area contributed by atoms with Crippen LogP contribution in [0.25, 0.3) is 0 Å². The van der Waals surface area contributed by atoms with Crippen molar-refractivity contribution in [2.24, 2.45) is 11.7 Å². The van der Waals surface area contributed by atoms with Crippen molar-refractivity contribution in [3.8, 4) is 0 Å². The van der Waals surface area contributed by atoms with Crippen LogP contribution >= 0.6 is 0 Å². The average Bonchev–Trinajstić information content (AvgIpc) is 2.70. The molecule has 0 unspecified atom stereocenters. The second kappa shape index (κ2) is 6.65. The summed E-state index contributed by atoms with van der Waals surface area (Å²) in [6, 6.07) is 1.93. The predicted molar refractivity (Wildman–Crippen MR) is 99.3 cm³/mol. The van der Waals surface area contributed by atoms with Gasteiger partial charge in [0.15, 0.2) is 5.76 Å². The van der Waals surface area contributed by atoms with Gasteiger partial charge in [-0.1, -0.05) is 20.8 Å². The van der Waals surface area contributed by atoms with Gasteiger partial charge < -0.3 is 10.2 Å². The first-order valence-electron chi connectivity index (χ1n) is 9.07. The molecule has 0 spiro atoms. The van der Waals surface area contributed by atoms with Crippen molar-refractivity contribution in [1.29, 1.82) is 0 Å². The number of fused-ring (bicyclic) bond motifs is 4. The van der Waals surface area contributed by atoms with Crippen LogP contribution in [0.1, 0.15) is 55.5 Å². The van der Waals surface area contributed by atoms with Crippen LogP contribution in [0.15, 0.2) is 10.5 Å². The summed E-state index contributed by atoms with van der Waals surface area (Å²) < 4.78 is 31.4. The summed E-state index contributed by atoms with van der Waals surface area (Å²) >= 11 is 0. The third kappa shape index (κ3) is 3.97. The normalized spacial score (nSPS) is 25.4. The molecule has 1 amide bonds. The number of furan rings is 1. The zero-order chi connectivity index (χ0) is 19.3. The molecule has 0 saturated carbocycles. The summed E-state index contributed by atoms with van der Waals surface area (Å²) in [6.45, 7) is 8.75. The van der Waals surface area contributed by atoms with Gasteiger partial charge >= 0.3 is 0 Å². The highest BCUT2D eigenvalue weighted by Gasteiger charge is 2.38. The van der Waals surface area contributed by atoms with E-state index in [9.17, 15) is 13.2 Å². The number of carbonyl (C=O) groups is 1. The molecule has 0 aromatic carbocycles. The van der Waals surface area contributed by atoms with Gasteiger partial charge in [0, 0.05) is 43.2 Å². The Balaban J connectivity index is 1.87. The highest BCUT2D eigenvalue weighted by Crippen LogP contribution is 2.34. The van der Waals surface area contributed by atoms with Crippen molar-refractivity contribution >= 4 is 15.9 Å². The second-order valence-corrected chi connectivity index (χ2v) is 10.7. The maximum absolute atomic E-state index is 12.0. The van der Waals surface area contributed by atoms with Crippen LogP contribution in [-0.2, 0) is 22.0 Å². The SMILES string of the molecule is CC(C)(C)c1oc(C(N)=O)cc1CN1C[C@H]2CC[C@@H]1CN(S(C)(=O)=O)C2. The largest absolute Gasteiger partial charge is 0.455 e. The van der Waals surface area contributed by atoms with Crippen LogP contribution in [0.2, 0.25) is 0 Å². The zero-order valence-corrected chi connectivity index (χ0v) is 16.8. The molecule has 8 heteroatoms. The van der Waals surface area contributed by atoms with Crippen LogP contribution < -0.4 is 5.73 Å². The van der Waals surface area contributed by atoms with E-state index in [1.807, 2.05) is 20.8 Å². The van der Waals surface area contributed by atoms with Crippen molar-refractivity contribution < 1.29 is 17.6 Å². The Morgan fingerprint density at radius 3 is 2.54 bits per heavy atom. The van der Waals surface area contributed by atoms with Gasteiger partial charge in [-0.05, 0) is 24.8 Å². The molecule has 4 heterocycles. The van der Waals surface area contributed by atoms with Gasteiger partial charge in [0.05, 0.1) is 6.26 Å². The molecule has 3 fully saturated rings. The summed E-state index contributed by atoms with van der Waals surface area (Å²) in [5.41, 5.74) is 6.12. The zero-order valence-electron chi connectivity index (χ0n) is 16.0. The standard InChI is InChI=1S/C18H29N3O4S/c1-18(2,3)16-13(7-15(25-16)17(19)22)10-20-8-12-5-6-14(20)11-21(9-12)26(4,23)24/h7,12,14H,5-6,8-11H2,1-4H3,(H2,19,22)/t12-,14-/m1/s1. The van der Waals surface area contributed by atoms with Gasteiger partial charge in [0.1, 0.15) is 5.76 Å². The van der Waals surface area contributed by atoms with Crippen LogP contribution in [0.3, 0.4) is 0 Å². The molecule has 0 aliphatic carbocycles. The molecular weight excluding hydrogens is 354 g/mol. The Morgan fingerprint density at radius 1 is 1.27 bits per heavy atom. The fraction of sp³-hybridized carbons (Fsp3) is 0.722. The van der Waals surface area contributed by atoms with Crippen molar-refractivity contribution in [2.45, 2.75) is 51.6 Å². The lowest BCUT2D eigenvalue weighted by Crippen LogP contribution is -2.44. The molecule has 146 valence electrons. The van der Waals surface area contributed by atoms with Gasteiger partial charge in [0.25, 0.3) is 5.91 Å². The van der Waals surface area contributed by atoms with Gasteiger partial charge in [-0.3, -0.25) is 9.69 Å². The summed E-state index contributed by atoms with van der Waals surface area (Å²) in [5, 5.41) is 0. The number of nitrogens with two attached hydrogens (primary N) is 1. The maximum atomic E-state index is 12.0. The van der Waals surface area contributed by atoms with Gasteiger partial charge in [0.2, 0.25) is 10.0 Å². The minimum atomic E-state index is -3.18. The second-order valence-electron chi connectivity index (χ2n) is 8.69. The third-order valence-corrected chi connectivity index (χ3v) is 6.61. The van der Waals surface area contributed by atoms with Gasteiger partial charge in [-0.15, -0.1) is 0 Å². The molecule has 1 aromatic rings. The number of rotatable bonds is 4. The molecule has 4 rings (SSSR count). The van der Waals surface area contributed by atoms with Crippen molar-refractivity contribution in [1.82, 2.24) is 9.21 Å². The van der Waals surface area contributed by atoms with E-state index < -0.39 is 15.9 Å². The molecule has 2 bridgehead atoms. The molecular formula is C18H29N3O4S. The predicted octanol–water partition coefficient (Wildman–Crippen LogP) is 1.53. The molecule has 0 radical (unpaired) electrons. The average molecular weight is 384 g/mol. The van der Waals surface area contributed by atoms with Gasteiger partial charge in [-0.2, -0.15) is 0 Å². The highest BCUT2D eigenvalue weighted by atomic mass is 32.2. The Bertz CT molecular complexity index is 794. The summed E-state index contributed by atoms with van der Waals surface area (Å²) in [4.78, 5) is 13.9. The minimum absolute atomic E-state index is 0.183. The molecule has 2 atom stereocenters. The Morgan fingerprint density at radius 2 is 1.96 bits per heavy atom. The third-order valence-electron chi connectivity index (χ3n) is 5.37. The molecule has 3 aliphatic heterocycles. The molecule has 3 aliphatic rings. The van der Waals surface area contributed by atoms with E-state index in [0.29, 0.717) is 25.6 Å². The lowest BCUT2D eigenvalue weighted by Gasteiger charge is -2.36. The molecule has 3 saturated heterocycles. The van der Waals surface area contributed by atoms with E-state index >= 15 is 0 Å². The molecule has 2 N–H and O–H groups in total. The van der Waals surface area contributed by atoms with Crippen LogP contribution in [-0.4, -0.2) is 55.5 Å². The topological polar surface area (TPSA) is 96.8 Å². The van der Waals surface area contributed by atoms with Crippen molar-refractivity contribution in [3.63, 3.8) is 0 Å². The first-order chi connectivity index (χ1) is 11.9. The molecule has 1 aromatic heterocycles. The van der Waals surface area contributed by atoms with Crippen molar-refractivity contribution in [2.75, 3.05) is 25.9 Å². The van der Waals surface area contributed by atoms with E-state index in [-0.39, 0.29) is 17.2 Å². The number of hydrogen-bond donors (Lipinski definition) is 1. The highest BCUT2D eigenvalue weighted by molar-refractivity contribution is 7.88. The van der Waals surface area contributed by atoms with Crippen LogP contribution in [0.4, 0.5) is 0 Å². The monoisotopic (exact) mass is 383 g/mol. The first kappa shape index (κ1) is 19.4. The Hall–Kier alpha value is -1.38. The number of sulfonamides is 1. The minimum Gasteiger partial charge on any atom is -0.455 e. The fourth-order valence-corrected chi connectivity index (χ4v) is 5.05. The number of primary amides is 1. The first-order valence-corrected chi connectivity index (χ1v) is 10.9. The maximum Gasteiger partial charge on any atom is 0.284 e. The smallest absolute Gasteiger partial charge is 0.284 e. The van der Waals surface area contributed by atoms with Crippen LogP contribution in [0, 0.1) is 5.92 Å². The van der Waals surface area contributed by atoms with E-state index in [2.05, 4.69) is 4.90 Å². The quantitative estimate of drug-likeness (QED) is 0.850. The summed E-state index contributed by atoms with van der Waals surface area (Å²) in [5.74, 6) is 0.723. The van der Waals surface area contributed by atoms with E-state index in [1.165, 1.54) is 6.26 Å². The van der Waals surface area contributed by atoms with Crippen molar-refractivity contribution in [3.05, 3.63) is 23.2 Å². The summed E-state index contributed by atoms with van der Waals surface area (Å²) in [6.07, 6.45) is 3.33. The number of nitrogens with zero attached hydrogens (tertiary/aromatic N) is 2. The lowest BCUT2D eigenvalue weighted by molar-refractivity contribution is 0.0970. The van der Waals surface area contributed by atoms with E-state index in [0.717, 1.165) is 30.7 Å². The van der Waals surface area contributed by atoms with E-state index in [4.69, 9.17) is 10.2 Å². The molecule has 26 heavy (non-hydrogen) atoms. The number of carbonyl (C=O) groups excluding carboxylic acids is 1. The lowest BCUT2D eigenvalue weighted by atomic mass is 9.89. The Kier molecular flexibility index (Phi) is 4.96. The fourth-order valence-electron chi connectivity index (χ4n) is 4.12. The number of hydrogen-bond acceptors (Lipinski definition) is 5. The Labute approximate surface area is 155 Å². The van der Waals surface area contributed by atoms with Gasteiger partial charge in [-0.25, -0.2) is 12.7 Å².